The largest absolute Gasteiger partial charge is 0.342 e. The van der Waals surface area contributed by atoms with E-state index in [0.29, 0.717) is 5.84 Å². The molecule has 0 bridgehead atoms. The van der Waals surface area contributed by atoms with Crippen molar-refractivity contribution in [2.45, 2.75) is 6.17 Å². The molecule has 0 amide bonds. The van der Waals surface area contributed by atoms with E-state index >= 15 is 0 Å². The van der Waals surface area contributed by atoms with Gasteiger partial charge in [-0.25, -0.2) is 9.98 Å². The summed E-state index contributed by atoms with van der Waals surface area (Å²) in [6, 6.07) is 42.7. The second kappa shape index (κ2) is 8.88. The zero-order valence-corrected chi connectivity index (χ0v) is 22.5. The van der Waals surface area contributed by atoms with Crippen LogP contribution in [-0.4, -0.2) is 33.6 Å². The maximum absolute atomic E-state index is 5.12. The molecule has 42 heavy (non-hydrogen) atoms. The lowest BCUT2D eigenvalue weighted by Gasteiger charge is -2.27. The minimum atomic E-state index is -0.362. The number of hydrogen-bond acceptors (Lipinski definition) is 4. The fourth-order valence-corrected chi connectivity index (χ4v) is 6.49. The van der Waals surface area contributed by atoms with Crippen LogP contribution < -0.4 is 5.32 Å². The van der Waals surface area contributed by atoms with Crippen LogP contribution in [-0.2, 0) is 0 Å². The molecule has 4 heterocycles. The Morgan fingerprint density at radius 1 is 0.571 bits per heavy atom. The Morgan fingerprint density at radius 2 is 1.26 bits per heavy atom. The first-order valence-electron chi connectivity index (χ1n) is 14.1. The number of aromatic nitrogens is 2. The number of nitrogens with one attached hydrogen (secondary N) is 1. The van der Waals surface area contributed by atoms with E-state index in [1.54, 1.807) is 12.4 Å². The van der Waals surface area contributed by atoms with Gasteiger partial charge in [-0.3, -0.25) is 9.56 Å². The van der Waals surface area contributed by atoms with Gasteiger partial charge in [0, 0.05) is 45.2 Å². The number of benzene rings is 5. The minimum absolute atomic E-state index is 0.362. The third kappa shape index (κ3) is 3.23. The van der Waals surface area contributed by atoms with E-state index in [0.717, 1.165) is 39.3 Å². The Balaban J connectivity index is 1.49. The van der Waals surface area contributed by atoms with Crippen molar-refractivity contribution in [2.24, 2.45) is 15.0 Å². The van der Waals surface area contributed by atoms with Crippen LogP contribution in [0.3, 0.4) is 0 Å². The summed E-state index contributed by atoms with van der Waals surface area (Å²) in [6.07, 6.45) is 3.07. The number of rotatable bonds is 3. The van der Waals surface area contributed by atoms with Crippen molar-refractivity contribution >= 4 is 73.4 Å². The van der Waals surface area contributed by atoms with Crippen LogP contribution in [0.5, 0.6) is 0 Å². The Kier molecular flexibility index (Phi) is 4.86. The lowest BCUT2D eigenvalue weighted by atomic mass is 10.1. The SMILES string of the molecule is C1=NC2=NC(c3ccccc3)=C(n3c4ccccc4c4ccc5c(c6ccccc6n5-c5ccccc5)c43)NC2N=C1. The second-order valence-corrected chi connectivity index (χ2v) is 10.6. The molecule has 5 aromatic carbocycles. The minimum Gasteiger partial charge on any atom is -0.342 e. The van der Waals surface area contributed by atoms with E-state index in [9.17, 15) is 0 Å². The topological polar surface area (TPSA) is 59.0 Å². The lowest BCUT2D eigenvalue weighted by Crippen LogP contribution is -2.39. The molecule has 2 aliphatic heterocycles. The van der Waals surface area contributed by atoms with Crippen LogP contribution in [0.4, 0.5) is 0 Å². The first-order chi connectivity index (χ1) is 20.9. The molecule has 198 valence electrons. The third-order valence-electron chi connectivity index (χ3n) is 8.23. The summed E-state index contributed by atoms with van der Waals surface area (Å²) in [6.45, 7) is 0. The summed E-state index contributed by atoms with van der Waals surface area (Å²) >= 11 is 0. The molecule has 7 aromatic rings. The van der Waals surface area contributed by atoms with Crippen LogP contribution in [0.2, 0.25) is 0 Å². The molecule has 6 heteroatoms. The maximum Gasteiger partial charge on any atom is 0.180 e. The van der Waals surface area contributed by atoms with Gasteiger partial charge in [-0.15, -0.1) is 0 Å². The molecule has 6 nitrogen and oxygen atoms in total. The first-order valence-corrected chi connectivity index (χ1v) is 14.1. The summed E-state index contributed by atoms with van der Waals surface area (Å²) in [5.74, 6) is 1.55. The fourth-order valence-electron chi connectivity index (χ4n) is 6.49. The number of para-hydroxylation sites is 3. The second-order valence-electron chi connectivity index (χ2n) is 10.6. The molecule has 0 radical (unpaired) electrons. The molecule has 0 saturated heterocycles. The summed E-state index contributed by atoms with van der Waals surface area (Å²) < 4.78 is 4.72. The van der Waals surface area contributed by atoms with E-state index in [1.807, 2.05) is 18.2 Å². The van der Waals surface area contributed by atoms with Gasteiger partial charge in [-0.2, -0.15) is 0 Å². The average molecular weight is 541 g/mol. The predicted molar refractivity (Wildman–Crippen MR) is 175 cm³/mol. The van der Waals surface area contributed by atoms with Gasteiger partial charge in [0.15, 0.2) is 12.0 Å². The molecule has 0 saturated carbocycles. The Morgan fingerprint density at radius 3 is 2.07 bits per heavy atom. The molecule has 9 rings (SSSR count). The van der Waals surface area contributed by atoms with Crippen LogP contribution in [0.15, 0.2) is 136 Å². The van der Waals surface area contributed by atoms with Gasteiger partial charge in [0.05, 0.1) is 22.1 Å². The Hall–Kier alpha value is -5.75. The average Bonchev–Trinajstić information content (AvgIpc) is 3.58. The lowest BCUT2D eigenvalue weighted by molar-refractivity contribution is 0.749. The maximum atomic E-state index is 5.12. The monoisotopic (exact) mass is 540 g/mol. The van der Waals surface area contributed by atoms with Gasteiger partial charge in [-0.1, -0.05) is 91.0 Å². The summed E-state index contributed by atoms with van der Waals surface area (Å²) in [5, 5.41) is 8.51. The number of fused-ring (bicyclic) bond motifs is 8. The predicted octanol–water partition coefficient (Wildman–Crippen LogP) is 7.66. The van der Waals surface area contributed by atoms with E-state index in [2.05, 4.69) is 128 Å². The quantitative estimate of drug-likeness (QED) is 0.246. The van der Waals surface area contributed by atoms with Gasteiger partial charge in [0.2, 0.25) is 0 Å². The van der Waals surface area contributed by atoms with Crippen LogP contribution >= 0.6 is 0 Å². The highest BCUT2D eigenvalue weighted by Crippen LogP contribution is 2.43. The number of nitrogens with zero attached hydrogens (tertiary/aromatic N) is 5. The zero-order chi connectivity index (χ0) is 27.6. The number of hydrogen-bond donors (Lipinski definition) is 1. The van der Waals surface area contributed by atoms with E-state index in [1.165, 1.54) is 27.1 Å². The Bertz CT molecular complexity index is 2320. The molecule has 0 spiro atoms. The zero-order valence-electron chi connectivity index (χ0n) is 22.5. The molecule has 1 N–H and O–H groups in total. The molecular formula is C36H24N6. The number of aliphatic imine (C=N–C) groups is 3. The van der Waals surface area contributed by atoms with E-state index in [4.69, 9.17) is 4.99 Å². The van der Waals surface area contributed by atoms with E-state index < -0.39 is 0 Å². The normalized spacial score (nSPS) is 16.4. The first kappa shape index (κ1) is 23.0. The molecular weight excluding hydrogens is 516 g/mol. The van der Waals surface area contributed by atoms with Crippen LogP contribution in [0.1, 0.15) is 5.56 Å². The van der Waals surface area contributed by atoms with Crippen LogP contribution in [0, 0.1) is 0 Å². The van der Waals surface area contributed by atoms with Gasteiger partial charge < -0.3 is 9.88 Å². The smallest absolute Gasteiger partial charge is 0.180 e. The van der Waals surface area contributed by atoms with Gasteiger partial charge in [0.25, 0.3) is 0 Å². The highest BCUT2D eigenvalue weighted by atomic mass is 15.3. The van der Waals surface area contributed by atoms with Crippen molar-refractivity contribution in [1.29, 1.82) is 0 Å². The van der Waals surface area contributed by atoms with Gasteiger partial charge in [0.1, 0.15) is 11.5 Å². The Labute approximate surface area is 241 Å². The van der Waals surface area contributed by atoms with Crippen LogP contribution in [0.25, 0.3) is 60.8 Å². The summed E-state index contributed by atoms with van der Waals surface area (Å²) in [4.78, 5) is 14.4. The highest BCUT2D eigenvalue weighted by Gasteiger charge is 2.29. The number of amidine groups is 1. The van der Waals surface area contributed by atoms with Crippen molar-refractivity contribution in [1.82, 2.24) is 14.5 Å². The molecule has 2 aliphatic rings. The molecule has 2 aromatic heterocycles. The van der Waals surface area contributed by atoms with Crippen molar-refractivity contribution < 1.29 is 0 Å². The molecule has 0 aliphatic carbocycles. The molecule has 0 fully saturated rings. The molecule has 1 atom stereocenters. The fraction of sp³-hybridized carbons (Fsp3) is 0.0278. The standard InChI is InChI=1S/C36H24N6/c1-3-11-23(12-4-1)32-36(40-35-34(39-32)37-21-22-38-35)42-28-17-9-7-15-25(28)26-19-20-30-31(33(26)42)27-16-8-10-18-29(27)41(30)24-13-5-2-6-14-24/h1-22,35,40H. The van der Waals surface area contributed by atoms with Crippen molar-refractivity contribution in [3.8, 4) is 5.69 Å². The summed E-state index contributed by atoms with van der Waals surface area (Å²) in [7, 11) is 0. The highest BCUT2D eigenvalue weighted by molar-refractivity contribution is 6.27. The van der Waals surface area contributed by atoms with Crippen molar-refractivity contribution in [3.63, 3.8) is 0 Å². The molecule has 1 unspecified atom stereocenters. The van der Waals surface area contributed by atoms with Crippen molar-refractivity contribution in [2.75, 3.05) is 0 Å². The third-order valence-corrected chi connectivity index (χ3v) is 8.23. The summed E-state index contributed by atoms with van der Waals surface area (Å²) in [5.41, 5.74) is 7.55. The van der Waals surface area contributed by atoms with Gasteiger partial charge in [-0.05, 0) is 30.3 Å². The van der Waals surface area contributed by atoms with Gasteiger partial charge >= 0.3 is 0 Å². The van der Waals surface area contributed by atoms with E-state index in [-0.39, 0.29) is 6.17 Å². The van der Waals surface area contributed by atoms with Crippen molar-refractivity contribution in [3.05, 3.63) is 127 Å².